The highest BCUT2D eigenvalue weighted by molar-refractivity contribution is 5.51. The number of ether oxygens (including phenoxy) is 1. The summed E-state index contributed by atoms with van der Waals surface area (Å²) in [5.41, 5.74) is 6.84. The highest BCUT2D eigenvalue weighted by Gasteiger charge is 2.04. The summed E-state index contributed by atoms with van der Waals surface area (Å²) in [4.78, 5) is 11.7. The minimum atomic E-state index is 0.501. The van der Waals surface area contributed by atoms with E-state index in [2.05, 4.69) is 15.0 Å². The molecule has 2 heterocycles. The van der Waals surface area contributed by atoms with Gasteiger partial charge < -0.3 is 14.9 Å². The largest absolute Gasteiger partial charge is 0.481 e. The first-order chi connectivity index (χ1) is 10.8. The van der Waals surface area contributed by atoms with Crippen LogP contribution < -0.4 is 10.5 Å². The lowest BCUT2D eigenvalue weighted by molar-refractivity contribution is 0.397. The van der Waals surface area contributed by atoms with Gasteiger partial charge in [0.15, 0.2) is 12.2 Å². The Morgan fingerprint density at radius 2 is 1.82 bits per heavy atom. The molecule has 0 unspecified atom stereocenters. The number of nitrogens with zero attached hydrogens (tertiary/aromatic N) is 3. The summed E-state index contributed by atoms with van der Waals surface area (Å²) in [5.74, 6) is 1.10. The molecule has 6 heteroatoms. The van der Waals surface area contributed by atoms with Crippen molar-refractivity contribution in [2.45, 2.75) is 13.8 Å². The molecule has 2 aromatic heterocycles. The zero-order valence-corrected chi connectivity index (χ0v) is 12.9. The minimum absolute atomic E-state index is 0.501. The smallest absolute Gasteiger partial charge is 0.216 e. The van der Waals surface area contributed by atoms with Crippen LogP contribution in [0.15, 0.2) is 59.7 Å². The lowest BCUT2D eigenvalue weighted by Gasteiger charge is -1.98. The van der Waals surface area contributed by atoms with Crippen molar-refractivity contribution in [3.8, 4) is 17.3 Å². The maximum atomic E-state index is 5.36. The normalized spacial score (nSPS) is 8.86. The number of rotatable bonds is 2. The van der Waals surface area contributed by atoms with Gasteiger partial charge in [-0.05, 0) is 12.1 Å². The van der Waals surface area contributed by atoms with Crippen molar-refractivity contribution in [3.05, 3.63) is 55.3 Å². The number of hydrogen-bond acceptors (Lipinski definition) is 6. The molecule has 116 valence electrons. The van der Waals surface area contributed by atoms with Crippen LogP contribution in [0.5, 0.6) is 5.88 Å². The van der Waals surface area contributed by atoms with E-state index in [1.807, 2.05) is 44.2 Å². The monoisotopic (exact) mass is 300 g/mol. The van der Waals surface area contributed by atoms with Gasteiger partial charge in [-0.15, -0.1) is 0 Å². The highest BCUT2D eigenvalue weighted by atomic mass is 16.5. The number of aromatic nitrogens is 3. The number of nitrogens with two attached hydrogens (primary N) is 1. The van der Waals surface area contributed by atoms with Gasteiger partial charge in [0.1, 0.15) is 12.0 Å². The topological polar surface area (TPSA) is 87.1 Å². The second-order valence-electron chi connectivity index (χ2n) is 3.72. The van der Waals surface area contributed by atoms with E-state index in [1.165, 1.54) is 12.7 Å². The average molecular weight is 300 g/mol. The maximum Gasteiger partial charge on any atom is 0.216 e. The zero-order valence-electron chi connectivity index (χ0n) is 12.9. The van der Waals surface area contributed by atoms with Crippen molar-refractivity contribution >= 4 is 5.69 Å². The molecule has 6 nitrogen and oxygen atoms in total. The molecule has 3 aromatic rings. The Morgan fingerprint density at radius 1 is 1.09 bits per heavy atom. The van der Waals surface area contributed by atoms with Crippen LogP contribution in [-0.4, -0.2) is 22.1 Å². The lowest BCUT2D eigenvalue weighted by Crippen LogP contribution is -1.89. The van der Waals surface area contributed by atoms with Crippen LogP contribution in [0.25, 0.3) is 11.5 Å². The third kappa shape index (κ3) is 5.62. The molecular weight excluding hydrogens is 280 g/mol. The number of hydrogen-bond donors (Lipinski definition) is 1. The molecule has 0 radical (unpaired) electrons. The molecule has 22 heavy (non-hydrogen) atoms. The molecule has 0 saturated carbocycles. The van der Waals surface area contributed by atoms with E-state index in [-0.39, 0.29) is 0 Å². The summed E-state index contributed by atoms with van der Waals surface area (Å²) in [5, 5.41) is 0. The van der Waals surface area contributed by atoms with Crippen molar-refractivity contribution in [1.29, 1.82) is 0 Å². The first-order valence-electron chi connectivity index (χ1n) is 6.85. The van der Waals surface area contributed by atoms with E-state index in [9.17, 15) is 0 Å². The van der Waals surface area contributed by atoms with Gasteiger partial charge in [-0.3, -0.25) is 0 Å². The van der Waals surface area contributed by atoms with Crippen LogP contribution in [0.3, 0.4) is 0 Å². The van der Waals surface area contributed by atoms with Crippen molar-refractivity contribution in [2.75, 3.05) is 12.8 Å². The Bertz CT molecular complexity index is 628. The van der Waals surface area contributed by atoms with Gasteiger partial charge in [0.05, 0.1) is 13.3 Å². The Labute approximate surface area is 130 Å². The average Bonchev–Trinajstić information content (AvgIpc) is 3.13. The Morgan fingerprint density at radius 3 is 2.32 bits per heavy atom. The second-order valence-corrected chi connectivity index (χ2v) is 3.72. The number of nitrogen functional groups attached to an aromatic ring is 1. The minimum Gasteiger partial charge on any atom is -0.481 e. The SMILES string of the molecule is CC.COc1cc(-c2cnco2)ncn1.Nc1ccccc1. The molecule has 0 atom stereocenters. The van der Waals surface area contributed by atoms with E-state index in [0.29, 0.717) is 17.3 Å². The lowest BCUT2D eigenvalue weighted by atomic mass is 10.3. The summed E-state index contributed by atoms with van der Waals surface area (Å²) >= 11 is 0. The fourth-order valence-electron chi connectivity index (χ4n) is 1.38. The molecule has 0 amide bonds. The number of benzene rings is 1. The van der Waals surface area contributed by atoms with Crippen LogP contribution in [0.1, 0.15) is 13.8 Å². The molecule has 2 N–H and O–H groups in total. The van der Waals surface area contributed by atoms with Crippen molar-refractivity contribution < 1.29 is 9.15 Å². The first-order valence-corrected chi connectivity index (χ1v) is 6.85. The molecule has 0 bridgehead atoms. The summed E-state index contributed by atoms with van der Waals surface area (Å²) < 4.78 is 10.0. The molecule has 0 spiro atoms. The number of anilines is 1. The summed E-state index contributed by atoms with van der Waals surface area (Å²) in [7, 11) is 1.55. The van der Waals surface area contributed by atoms with Gasteiger partial charge in [0.25, 0.3) is 0 Å². The van der Waals surface area contributed by atoms with E-state index in [1.54, 1.807) is 19.4 Å². The standard InChI is InChI=1S/C8H7N3O2.C6H7N.C2H6/c1-12-8-2-6(10-4-11-8)7-3-9-5-13-7;7-6-4-2-1-3-5-6;1-2/h2-5H,1H3;1-5H,7H2;1-2H3. The number of para-hydroxylation sites is 1. The van der Waals surface area contributed by atoms with Crippen LogP contribution in [-0.2, 0) is 0 Å². The van der Waals surface area contributed by atoms with Crippen LogP contribution in [0.2, 0.25) is 0 Å². The fraction of sp³-hybridized carbons (Fsp3) is 0.188. The number of methoxy groups -OCH3 is 1. The van der Waals surface area contributed by atoms with Gasteiger partial charge in [0.2, 0.25) is 5.88 Å². The van der Waals surface area contributed by atoms with Crippen molar-refractivity contribution in [1.82, 2.24) is 15.0 Å². The predicted molar refractivity (Wildman–Crippen MR) is 86.3 cm³/mol. The fourth-order valence-corrected chi connectivity index (χ4v) is 1.38. The third-order valence-corrected chi connectivity index (χ3v) is 2.34. The molecule has 1 aromatic carbocycles. The molecular formula is C16H20N4O2. The molecule has 0 fully saturated rings. The molecule has 3 rings (SSSR count). The first kappa shape index (κ1) is 17.2. The molecule has 0 aliphatic rings. The van der Waals surface area contributed by atoms with Gasteiger partial charge in [-0.25, -0.2) is 15.0 Å². The maximum absolute atomic E-state index is 5.36. The Kier molecular flexibility index (Phi) is 7.74. The summed E-state index contributed by atoms with van der Waals surface area (Å²) in [6.45, 7) is 4.00. The van der Waals surface area contributed by atoms with Crippen LogP contribution in [0, 0.1) is 0 Å². The van der Waals surface area contributed by atoms with E-state index < -0.39 is 0 Å². The molecule has 0 aliphatic carbocycles. The van der Waals surface area contributed by atoms with E-state index >= 15 is 0 Å². The van der Waals surface area contributed by atoms with Gasteiger partial charge in [-0.2, -0.15) is 0 Å². The van der Waals surface area contributed by atoms with Crippen molar-refractivity contribution in [2.24, 2.45) is 0 Å². The predicted octanol–water partition coefficient (Wildman–Crippen LogP) is 3.44. The third-order valence-electron chi connectivity index (χ3n) is 2.34. The number of oxazole rings is 1. The van der Waals surface area contributed by atoms with Gasteiger partial charge in [-0.1, -0.05) is 32.0 Å². The van der Waals surface area contributed by atoms with E-state index in [4.69, 9.17) is 14.9 Å². The highest BCUT2D eigenvalue weighted by Crippen LogP contribution is 2.18. The van der Waals surface area contributed by atoms with Gasteiger partial charge in [0, 0.05) is 11.8 Å². The molecule has 0 aliphatic heterocycles. The summed E-state index contributed by atoms with van der Waals surface area (Å²) in [6.07, 6.45) is 4.35. The second kappa shape index (κ2) is 9.93. The Balaban J connectivity index is 0.000000228. The molecule has 0 saturated heterocycles. The van der Waals surface area contributed by atoms with Crippen LogP contribution in [0.4, 0.5) is 5.69 Å². The Hall–Kier alpha value is -2.89. The van der Waals surface area contributed by atoms with E-state index in [0.717, 1.165) is 5.69 Å². The zero-order chi connectivity index (χ0) is 16.2. The van der Waals surface area contributed by atoms with Crippen LogP contribution >= 0.6 is 0 Å². The van der Waals surface area contributed by atoms with Crippen molar-refractivity contribution in [3.63, 3.8) is 0 Å². The van der Waals surface area contributed by atoms with Gasteiger partial charge >= 0.3 is 0 Å². The summed E-state index contributed by atoms with van der Waals surface area (Å²) in [6, 6.07) is 11.2. The quantitative estimate of drug-likeness (QED) is 0.729.